The first-order chi connectivity index (χ1) is 47.3. The fourth-order valence-electron chi connectivity index (χ4n) is 11.6. The molecule has 6 atom stereocenters. The lowest BCUT2D eigenvalue weighted by Gasteiger charge is -2.21. The number of ether oxygens (including phenoxy) is 4. The molecule has 17 nitrogen and oxygen atoms in total. The van der Waals surface area contributed by atoms with Crippen LogP contribution in [0.3, 0.4) is 0 Å². The number of unbranched alkanes of at least 4 members (excludes halogenated alkanes) is 39. The van der Waals surface area contributed by atoms with Crippen LogP contribution in [-0.2, 0) is 65.4 Å². The average molecular weight is 1430 g/mol. The number of allylic oxidation sites excluding steroid dienone is 4. The molecule has 578 valence electrons. The summed E-state index contributed by atoms with van der Waals surface area (Å²) in [6, 6.07) is 0. The molecule has 0 aliphatic heterocycles. The number of rotatable bonds is 75. The average Bonchev–Trinajstić information content (AvgIpc) is 1.03. The Kier molecular flexibility index (Phi) is 67.2. The molecule has 0 radical (unpaired) electrons. The standard InChI is InChI=1S/C79H150O17P2/c1-8-10-11-12-13-14-15-16-19-24-27-33-40-48-55-62-78(83)95-74(66-89-76(81)60-53-46-39-32-26-23-21-18-17-20-22-25-30-36-43-50-57-70(3)4)68-93-97(85,86)91-64-73(80)65-92-98(87,88)94-69-75(67-90-77(82)61-54-47-42-35-37-44-51-58-71(5)6)96-79(84)63-56-49-41-34-29-28-31-38-45-52-59-72(7)9-2/h14-16,19,70-75,80H,8-13,17-18,20-69H2,1-7H3,(H,85,86)(H,87,88)/b15-14-,19-16-/t72?,73?,74-,75-/m1/s1. The molecule has 0 fully saturated rings. The highest BCUT2D eigenvalue weighted by Gasteiger charge is 2.30. The predicted molar refractivity (Wildman–Crippen MR) is 400 cm³/mol. The fourth-order valence-corrected chi connectivity index (χ4v) is 13.1. The van der Waals surface area contributed by atoms with Gasteiger partial charge in [0.15, 0.2) is 12.2 Å². The van der Waals surface area contributed by atoms with Crippen LogP contribution >= 0.6 is 15.6 Å². The van der Waals surface area contributed by atoms with Gasteiger partial charge in [0.05, 0.1) is 26.4 Å². The van der Waals surface area contributed by atoms with Crippen LogP contribution in [0.2, 0.25) is 0 Å². The molecule has 0 saturated heterocycles. The van der Waals surface area contributed by atoms with Crippen LogP contribution in [-0.4, -0.2) is 96.7 Å². The summed E-state index contributed by atoms with van der Waals surface area (Å²) in [6.45, 7) is 11.8. The molecule has 0 aromatic carbocycles. The van der Waals surface area contributed by atoms with Gasteiger partial charge in [-0.25, -0.2) is 9.13 Å². The summed E-state index contributed by atoms with van der Waals surface area (Å²) in [5.41, 5.74) is 0. The van der Waals surface area contributed by atoms with Crippen LogP contribution in [0, 0.1) is 17.8 Å². The summed E-state index contributed by atoms with van der Waals surface area (Å²) in [5.74, 6) is 0.170. The lowest BCUT2D eigenvalue weighted by atomic mass is 9.99. The van der Waals surface area contributed by atoms with Crippen molar-refractivity contribution in [1.29, 1.82) is 0 Å². The number of esters is 4. The molecule has 19 heteroatoms. The summed E-state index contributed by atoms with van der Waals surface area (Å²) in [5, 5.41) is 10.6. The molecule has 98 heavy (non-hydrogen) atoms. The molecule has 0 amide bonds. The first-order valence-corrected chi connectivity index (χ1v) is 43.2. The summed E-state index contributed by atoms with van der Waals surface area (Å²) in [4.78, 5) is 72.9. The molecule has 4 unspecified atom stereocenters. The number of hydrogen-bond acceptors (Lipinski definition) is 15. The van der Waals surface area contributed by atoms with Gasteiger partial charge in [-0.2, -0.15) is 0 Å². The number of hydrogen-bond donors (Lipinski definition) is 3. The van der Waals surface area contributed by atoms with Gasteiger partial charge in [0, 0.05) is 25.7 Å². The number of aliphatic hydroxyl groups is 1. The first kappa shape index (κ1) is 95.5. The van der Waals surface area contributed by atoms with E-state index < -0.39 is 97.5 Å². The minimum Gasteiger partial charge on any atom is -0.462 e. The highest BCUT2D eigenvalue weighted by molar-refractivity contribution is 7.47. The minimum absolute atomic E-state index is 0.0850. The van der Waals surface area contributed by atoms with Crippen molar-refractivity contribution >= 4 is 39.5 Å². The van der Waals surface area contributed by atoms with E-state index in [4.69, 9.17) is 37.0 Å². The Bertz CT molecular complexity index is 2000. The molecule has 3 N–H and O–H groups in total. The van der Waals surface area contributed by atoms with Crippen LogP contribution < -0.4 is 0 Å². The normalized spacial score (nSPS) is 14.4. The summed E-state index contributed by atoms with van der Waals surface area (Å²) in [7, 11) is -9.93. The van der Waals surface area contributed by atoms with Gasteiger partial charge in [0.2, 0.25) is 0 Å². The van der Waals surface area contributed by atoms with Gasteiger partial charge in [-0.3, -0.25) is 37.3 Å². The van der Waals surface area contributed by atoms with E-state index in [1.807, 2.05) is 0 Å². The number of carbonyl (C=O) groups excluding carboxylic acids is 4. The van der Waals surface area contributed by atoms with Crippen molar-refractivity contribution in [3.63, 3.8) is 0 Å². The summed E-state index contributed by atoms with van der Waals surface area (Å²) < 4.78 is 68.6. The molecule has 0 aromatic heterocycles. The zero-order chi connectivity index (χ0) is 72.3. The molecule has 0 spiro atoms. The van der Waals surface area contributed by atoms with E-state index in [-0.39, 0.29) is 25.7 Å². The Labute approximate surface area is 599 Å². The van der Waals surface area contributed by atoms with Crippen molar-refractivity contribution in [3.05, 3.63) is 24.3 Å². The van der Waals surface area contributed by atoms with Crippen LogP contribution in [0.15, 0.2) is 24.3 Å². The van der Waals surface area contributed by atoms with Crippen molar-refractivity contribution in [2.24, 2.45) is 17.8 Å². The molecule has 0 saturated carbocycles. The molecule has 0 aliphatic rings. The van der Waals surface area contributed by atoms with E-state index in [1.54, 1.807) is 0 Å². The quantitative estimate of drug-likeness (QED) is 0.0169. The molecule has 0 aliphatic carbocycles. The molecule has 0 rings (SSSR count). The Morgan fingerprint density at radius 1 is 0.337 bits per heavy atom. The minimum atomic E-state index is -4.97. The molecule has 0 bridgehead atoms. The van der Waals surface area contributed by atoms with Crippen LogP contribution in [0.1, 0.15) is 382 Å². The lowest BCUT2D eigenvalue weighted by Crippen LogP contribution is -2.30. The van der Waals surface area contributed by atoms with E-state index >= 15 is 0 Å². The highest BCUT2D eigenvalue weighted by atomic mass is 31.2. The molecular weight excluding hydrogens is 1280 g/mol. The Balaban J connectivity index is 5.27. The van der Waals surface area contributed by atoms with Crippen molar-refractivity contribution in [3.8, 4) is 0 Å². The maximum atomic E-state index is 13.1. The summed E-state index contributed by atoms with van der Waals surface area (Å²) in [6.07, 6.45) is 59.1. The fraction of sp³-hybridized carbons (Fsp3) is 0.899. The second kappa shape index (κ2) is 68.9. The van der Waals surface area contributed by atoms with E-state index in [2.05, 4.69) is 72.8 Å². The van der Waals surface area contributed by atoms with Gasteiger partial charge >= 0.3 is 39.5 Å². The lowest BCUT2D eigenvalue weighted by molar-refractivity contribution is -0.161. The maximum Gasteiger partial charge on any atom is 0.472 e. The Morgan fingerprint density at radius 2 is 0.602 bits per heavy atom. The molecule has 0 aromatic rings. The van der Waals surface area contributed by atoms with Gasteiger partial charge in [0.25, 0.3) is 0 Å². The van der Waals surface area contributed by atoms with Crippen LogP contribution in [0.25, 0.3) is 0 Å². The van der Waals surface area contributed by atoms with Crippen molar-refractivity contribution < 1.29 is 80.2 Å². The van der Waals surface area contributed by atoms with Crippen molar-refractivity contribution in [1.82, 2.24) is 0 Å². The number of phosphoric ester groups is 2. The predicted octanol–water partition coefficient (Wildman–Crippen LogP) is 22.9. The van der Waals surface area contributed by atoms with Gasteiger partial charge in [-0.15, -0.1) is 0 Å². The van der Waals surface area contributed by atoms with Gasteiger partial charge in [-0.1, -0.05) is 330 Å². The number of phosphoric acid groups is 2. The second-order valence-corrected chi connectivity index (χ2v) is 31.9. The Morgan fingerprint density at radius 3 is 0.908 bits per heavy atom. The molecule has 0 heterocycles. The van der Waals surface area contributed by atoms with E-state index in [1.165, 1.54) is 173 Å². The Hall–Kier alpha value is -2.46. The highest BCUT2D eigenvalue weighted by Crippen LogP contribution is 2.45. The smallest absolute Gasteiger partial charge is 0.462 e. The van der Waals surface area contributed by atoms with Crippen LogP contribution in [0.4, 0.5) is 0 Å². The van der Waals surface area contributed by atoms with Gasteiger partial charge in [0.1, 0.15) is 19.3 Å². The molecular formula is C79H150O17P2. The second-order valence-electron chi connectivity index (χ2n) is 29.0. The first-order valence-electron chi connectivity index (χ1n) is 40.2. The SMILES string of the molecule is CCCCCC/C=C\C=C/CCCCCCCC(=O)O[C@H](COC(=O)CCCCCCCCCCCCCCCCCCC(C)C)COP(=O)(O)OCC(O)COP(=O)(O)OC[C@@H](COC(=O)CCCCCCCCCC(C)C)OC(=O)CCCCCCCCCCCCC(C)CC. The van der Waals surface area contributed by atoms with Crippen molar-refractivity contribution in [2.75, 3.05) is 39.6 Å². The van der Waals surface area contributed by atoms with E-state index in [0.717, 1.165) is 121 Å². The summed E-state index contributed by atoms with van der Waals surface area (Å²) >= 11 is 0. The van der Waals surface area contributed by atoms with E-state index in [9.17, 15) is 43.2 Å². The zero-order valence-corrected chi connectivity index (χ0v) is 65.5. The largest absolute Gasteiger partial charge is 0.472 e. The van der Waals surface area contributed by atoms with Crippen molar-refractivity contribution in [2.45, 2.75) is 401 Å². The van der Waals surface area contributed by atoms with E-state index in [0.29, 0.717) is 31.6 Å². The topological polar surface area (TPSA) is 237 Å². The monoisotopic (exact) mass is 1430 g/mol. The maximum absolute atomic E-state index is 13.1. The van der Waals surface area contributed by atoms with Gasteiger partial charge in [-0.05, 0) is 69.1 Å². The number of carbonyl (C=O) groups is 4. The zero-order valence-electron chi connectivity index (χ0n) is 63.7. The third kappa shape index (κ3) is 70.6. The third-order valence-corrected chi connectivity index (χ3v) is 20.0. The van der Waals surface area contributed by atoms with Gasteiger partial charge < -0.3 is 33.8 Å². The third-order valence-electron chi connectivity index (χ3n) is 18.1. The van der Waals surface area contributed by atoms with Crippen LogP contribution in [0.5, 0.6) is 0 Å². The number of aliphatic hydroxyl groups excluding tert-OH is 1.